The van der Waals surface area contributed by atoms with Crippen molar-refractivity contribution in [2.45, 2.75) is 45.3 Å². The van der Waals surface area contributed by atoms with Gasteiger partial charge in [-0.1, -0.05) is 37.3 Å². The normalized spacial score (nSPS) is 23.0. The van der Waals surface area contributed by atoms with Crippen LogP contribution >= 0.6 is 24.0 Å². The Balaban J connectivity index is 0.00000272. The molecule has 0 amide bonds. The molecule has 2 aliphatic rings. The molecule has 4 rings (SSSR count). The molecule has 2 fully saturated rings. The van der Waals surface area contributed by atoms with Crippen molar-refractivity contribution < 1.29 is 0 Å². The van der Waals surface area contributed by atoms with Gasteiger partial charge in [0.05, 0.1) is 0 Å². The lowest BCUT2D eigenvalue weighted by atomic mass is 9.83. The predicted molar refractivity (Wildman–Crippen MR) is 138 cm³/mol. The summed E-state index contributed by atoms with van der Waals surface area (Å²) in [6.45, 7) is 8.61. The summed E-state index contributed by atoms with van der Waals surface area (Å²) in [4.78, 5) is 9.81. The number of piperidine rings is 2. The van der Waals surface area contributed by atoms with Crippen molar-refractivity contribution in [2.75, 3.05) is 33.2 Å². The molecule has 31 heavy (non-hydrogen) atoms. The molecule has 3 unspecified atom stereocenters. The quantitative estimate of drug-likeness (QED) is 0.348. The summed E-state index contributed by atoms with van der Waals surface area (Å²) < 4.78 is 2.00. The summed E-state index contributed by atoms with van der Waals surface area (Å²) in [5, 5.41) is 7.94. The minimum Gasteiger partial charge on any atom is -0.356 e. The molecule has 2 aliphatic heterocycles. The van der Waals surface area contributed by atoms with Crippen molar-refractivity contribution in [1.29, 1.82) is 0 Å². The van der Waals surface area contributed by atoms with Crippen LogP contribution < -0.4 is 5.32 Å². The summed E-state index contributed by atoms with van der Waals surface area (Å²) in [6.07, 6.45) is 7.73. The first-order valence-electron chi connectivity index (χ1n) is 11.4. The number of hydrogen-bond acceptors (Lipinski definition) is 3. The van der Waals surface area contributed by atoms with Crippen molar-refractivity contribution in [2.24, 2.45) is 16.8 Å². The van der Waals surface area contributed by atoms with Gasteiger partial charge in [0, 0.05) is 58.2 Å². The summed E-state index contributed by atoms with van der Waals surface area (Å²) in [6, 6.07) is 13.6. The van der Waals surface area contributed by atoms with Crippen molar-refractivity contribution in [3.63, 3.8) is 0 Å². The number of hydrogen-bond donors (Lipinski definition) is 1. The highest BCUT2D eigenvalue weighted by atomic mass is 127. The van der Waals surface area contributed by atoms with Crippen LogP contribution in [0.2, 0.25) is 0 Å². The van der Waals surface area contributed by atoms with E-state index in [-0.39, 0.29) is 24.0 Å². The van der Waals surface area contributed by atoms with E-state index in [1.165, 1.54) is 31.4 Å². The van der Waals surface area contributed by atoms with E-state index in [1.54, 1.807) is 0 Å². The number of benzene rings is 1. The number of fused-ring (bicyclic) bond motifs is 1. The fraction of sp³-hybridized carbons (Fsp3) is 0.583. The molecule has 0 bridgehead atoms. The Kier molecular flexibility index (Phi) is 9.19. The molecule has 3 atom stereocenters. The van der Waals surface area contributed by atoms with E-state index in [1.807, 2.05) is 30.2 Å². The zero-order valence-electron chi connectivity index (χ0n) is 18.9. The second-order valence-corrected chi connectivity index (χ2v) is 8.92. The first kappa shape index (κ1) is 24.0. The van der Waals surface area contributed by atoms with Crippen LogP contribution in [0.1, 0.15) is 31.7 Å². The number of halogens is 1. The van der Waals surface area contributed by atoms with Gasteiger partial charge < -0.3 is 10.2 Å². The third kappa shape index (κ3) is 6.44. The lowest BCUT2D eigenvalue weighted by molar-refractivity contribution is 0.0372. The number of nitrogens with one attached hydrogen (secondary N) is 1. The van der Waals surface area contributed by atoms with E-state index in [0.717, 1.165) is 44.6 Å². The van der Waals surface area contributed by atoms with Crippen molar-refractivity contribution >= 4 is 29.9 Å². The van der Waals surface area contributed by atoms with E-state index in [4.69, 9.17) is 0 Å². The van der Waals surface area contributed by atoms with E-state index >= 15 is 0 Å². The molecule has 0 aliphatic carbocycles. The second-order valence-electron chi connectivity index (χ2n) is 8.92. The SMILES string of the molecule is CN=C(NCC(C)Cn1cccn1)N1CCC2C(CCCN2Cc2ccccc2)C1.I. The van der Waals surface area contributed by atoms with E-state index < -0.39 is 0 Å². The zero-order chi connectivity index (χ0) is 20.8. The Labute approximate surface area is 204 Å². The molecule has 2 aromatic rings. The van der Waals surface area contributed by atoms with Crippen molar-refractivity contribution in [3.05, 3.63) is 54.4 Å². The maximum absolute atomic E-state index is 4.60. The molecule has 0 spiro atoms. The molecular weight excluding hydrogens is 499 g/mol. The zero-order valence-corrected chi connectivity index (χ0v) is 21.2. The third-order valence-corrected chi connectivity index (χ3v) is 6.59. The first-order chi connectivity index (χ1) is 14.7. The Hall–Kier alpha value is -1.61. The maximum atomic E-state index is 4.60. The van der Waals surface area contributed by atoms with Crippen LogP contribution in [-0.2, 0) is 13.1 Å². The highest BCUT2D eigenvalue weighted by Crippen LogP contribution is 2.31. The Morgan fingerprint density at radius 3 is 2.77 bits per heavy atom. The molecule has 0 radical (unpaired) electrons. The van der Waals surface area contributed by atoms with E-state index in [9.17, 15) is 0 Å². The summed E-state index contributed by atoms with van der Waals surface area (Å²) >= 11 is 0. The number of likely N-dealkylation sites (tertiary alicyclic amines) is 2. The topological polar surface area (TPSA) is 48.7 Å². The lowest BCUT2D eigenvalue weighted by Gasteiger charge is -2.48. The largest absolute Gasteiger partial charge is 0.356 e. The van der Waals surface area contributed by atoms with Gasteiger partial charge in [0.2, 0.25) is 0 Å². The van der Waals surface area contributed by atoms with Crippen LogP contribution in [0.15, 0.2) is 53.8 Å². The molecule has 6 nitrogen and oxygen atoms in total. The molecule has 1 N–H and O–H groups in total. The van der Waals surface area contributed by atoms with Crippen molar-refractivity contribution in [1.82, 2.24) is 24.9 Å². The monoisotopic (exact) mass is 536 g/mol. The van der Waals surface area contributed by atoms with E-state index in [2.05, 4.69) is 62.5 Å². The molecule has 7 heteroatoms. The summed E-state index contributed by atoms with van der Waals surface area (Å²) in [5.41, 5.74) is 1.43. The van der Waals surface area contributed by atoms with Gasteiger partial charge in [0.25, 0.3) is 0 Å². The average Bonchev–Trinajstić information content (AvgIpc) is 3.28. The Morgan fingerprint density at radius 1 is 1.19 bits per heavy atom. The Bertz CT molecular complexity index is 794. The van der Waals surface area contributed by atoms with Gasteiger partial charge in [-0.2, -0.15) is 5.10 Å². The predicted octanol–water partition coefficient (Wildman–Crippen LogP) is 3.70. The highest BCUT2D eigenvalue weighted by Gasteiger charge is 2.36. The fourth-order valence-corrected chi connectivity index (χ4v) is 5.10. The second kappa shape index (κ2) is 11.9. The minimum atomic E-state index is 0. The standard InChI is InChI=1S/C24H36N6.HI/c1-20(17-30-14-7-12-27-30)16-26-24(25-2)29-15-11-23-22(19-29)10-6-13-28(23)18-21-8-4-3-5-9-21;/h3-5,7-9,12,14,20,22-23H,6,10-11,13,15-19H2,1-2H3,(H,25,26);1H. The van der Waals surface area contributed by atoms with Gasteiger partial charge >= 0.3 is 0 Å². The number of guanidine groups is 1. The van der Waals surface area contributed by atoms with E-state index in [0.29, 0.717) is 12.0 Å². The molecule has 3 heterocycles. The summed E-state index contributed by atoms with van der Waals surface area (Å²) in [7, 11) is 1.91. The molecule has 0 saturated carbocycles. The van der Waals surface area contributed by atoms with Crippen molar-refractivity contribution in [3.8, 4) is 0 Å². The van der Waals surface area contributed by atoms with Crippen LogP contribution in [0.5, 0.6) is 0 Å². The molecule has 1 aromatic carbocycles. The van der Waals surface area contributed by atoms with Crippen LogP contribution in [0.4, 0.5) is 0 Å². The molecule has 170 valence electrons. The smallest absolute Gasteiger partial charge is 0.193 e. The van der Waals surface area contributed by atoms with Crippen LogP contribution in [0.25, 0.3) is 0 Å². The number of rotatable bonds is 6. The molecular formula is C24H37IN6. The average molecular weight is 537 g/mol. The maximum Gasteiger partial charge on any atom is 0.193 e. The van der Waals surface area contributed by atoms with Gasteiger partial charge in [-0.15, -0.1) is 24.0 Å². The van der Waals surface area contributed by atoms with Crippen LogP contribution in [0, 0.1) is 11.8 Å². The van der Waals surface area contributed by atoms with Crippen LogP contribution in [0.3, 0.4) is 0 Å². The third-order valence-electron chi connectivity index (χ3n) is 6.59. The van der Waals surface area contributed by atoms with Gasteiger partial charge in [-0.05, 0) is 49.3 Å². The fourth-order valence-electron chi connectivity index (χ4n) is 5.10. The molecule has 1 aromatic heterocycles. The van der Waals surface area contributed by atoms with Crippen LogP contribution in [-0.4, -0.2) is 64.8 Å². The number of aromatic nitrogens is 2. The first-order valence-corrected chi connectivity index (χ1v) is 11.4. The minimum absolute atomic E-state index is 0. The summed E-state index contributed by atoms with van der Waals surface area (Å²) in [5.74, 6) is 2.28. The number of aliphatic imine (C=N–C) groups is 1. The van der Waals surface area contributed by atoms with Gasteiger partial charge in [-0.25, -0.2) is 0 Å². The highest BCUT2D eigenvalue weighted by molar-refractivity contribution is 14.0. The van der Waals surface area contributed by atoms with Gasteiger partial charge in [-0.3, -0.25) is 14.6 Å². The van der Waals surface area contributed by atoms with Gasteiger partial charge in [0.15, 0.2) is 5.96 Å². The Morgan fingerprint density at radius 2 is 2.03 bits per heavy atom. The van der Waals surface area contributed by atoms with Gasteiger partial charge in [0.1, 0.15) is 0 Å². The molecule has 2 saturated heterocycles. The lowest BCUT2D eigenvalue weighted by Crippen LogP contribution is -2.57. The number of nitrogens with zero attached hydrogens (tertiary/aromatic N) is 5.